The first-order valence-corrected chi connectivity index (χ1v) is 9.40. The van der Waals surface area contributed by atoms with Crippen LogP contribution in [0.3, 0.4) is 0 Å². The zero-order valence-corrected chi connectivity index (χ0v) is 15.9. The number of fused-ring (bicyclic) bond motifs is 1. The topological polar surface area (TPSA) is 65.5 Å². The fourth-order valence-electron chi connectivity index (χ4n) is 3.14. The van der Waals surface area contributed by atoms with Crippen molar-refractivity contribution in [1.82, 2.24) is 14.8 Å². The minimum atomic E-state index is -0.447. The zero-order valence-electron chi connectivity index (χ0n) is 15.1. The van der Waals surface area contributed by atoms with Gasteiger partial charge in [0.2, 0.25) is 5.91 Å². The molecule has 0 bridgehead atoms. The number of aromatic nitrogens is 1. The number of nitrogens with zero attached hydrogens (tertiary/aromatic N) is 3. The van der Waals surface area contributed by atoms with E-state index >= 15 is 0 Å². The zero-order chi connectivity index (χ0) is 18.1. The van der Waals surface area contributed by atoms with Crippen molar-refractivity contribution in [2.24, 2.45) is 5.92 Å². The molecule has 6 nitrogen and oxygen atoms in total. The Balaban J connectivity index is 1.69. The van der Waals surface area contributed by atoms with Crippen LogP contribution in [-0.4, -0.2) is 52.4 Å². The highest BCUT2D eigenvalue weighted by Gasteiger charge is 2.34. The second-order valence-corrected chi connectivity index (χ2v) is 8.13. The first-order chi connectivity index (χ1) is 11.8. The molecular formula is C18H24N4O2S. The van der Waals surface area contributed by atoms with E-state index in [-0.39, 0.29) is 11.9 Å². The van der Waals surface area contributed by atoms with Crippen LogP contribution in [0.25, 0.3) is 10.2 Å². The van der Waals surface area contributed by atoms with Gasteiger partial charge in [0.1, 0.15) is 6.04 Å². The number of thiazole rings is 1. The van der Waals surface area contributed by atoms with Gasteiger partial charge < -0.3 is 15.1 Å². The van der Waals surface area contributed by atoms with Crippen LogP contribution in [0.5, 0.6) is 0 Å². The van der Waals surface area contributed by atoms with E-state index < -0.39 is 6.04 Å². The van der Waals surface area contributed by atoms with Crippen LogP contribution in [0, 0.1) is 12.8 Å². The van der Waals surface area contributed by atoms with E-state index in [9.17, 15) is 9.59 Å². The van der Waals surface area contributed by atoms with E-state index in [1.165, 1.54) is 0 Å². The number of rotatable bonds is 3. The molecule has 1 unspecified atom stereocenters. The Bertz CT molecular complexity index is 801. The summed E-state index contributed by atoms with van der Waals surface area (Å²) >= 11 is 1.63. The van der Waals surface area contributed by atoms with Gasteiger partial charge in [-0.25, -0.2) is 9.78 Å². The second-order valence-electron chi connectivity index (χ2n) is 6.89. The molecular weight excluding hydrogens is 336 g/mol. The monoisotopic (exact) mass is 360 g/mol. The first kappa shape index (κ1) is 17.7. The van der Waals surface area contributed by atoms with Gasteiger partial charge in [-0.3, -0.25) is 4.79 Å². The number of hydrogen-bond donors (Lipinski definition) is 1. The molecule has 0 aliphatic carbocycles. The molecule has 1 saturated heterocycles. The Morgan fingerprint density at radius 2 is 2.16 bits per heavy atom. The van der Waals surface area contributed by atoms with E-state index in [2.05, 4.69) is 24.1 Å². The molecule has 0 saturated carbocycles. The average Bonchev–Trinajstić information content (AvgIpc) is 2.90. The molecule has 134 valence electrons. The van der Waals surface area contributed by atoms with E-state index in [1.54, 1.807) is 23.2 Å². The standard InChI is InChI=1S/C18H24N4O2S/c1-11(2)10-21-7-8-22(12(3)17(21)23)18(24)20-14-5-6-16-15(9-14)19-13(4)25-16/h5-6,9,11-12H,7-8,10H2,1-4H3,(H,20,24). The van der Waals surface area contributed by atoms with Gasteiger partial charge >= 0.3 is 6.03 Å². The molecule has 25 heavy (non-hydrogen) atoms. The van der Waals surface area contributed by atoms with Crippen molar-refractivity contribution < 1.29 is 9.59 Å². The summed E-state index contributed by atoms with van der Waals surface area (Å²) in [6, 6.07) is 5.02. The Hall–Kier alpha value is -2.15. The van der Waals surface area contributed by atoms with Crippen molar-refractivity contribution in [1.29, 1.82) is 0 Å². The van der Waals surface area contributed by atoms with E-state index in [0.717, 1.165) is 21.8 Å². The van der Waals surface area contributed by atoms with Gasteiger partial charge in [-0.2, -0.15) is 0 Å². The molecule has 1 N–H and O–H groups in total. The van der Waals surface area contributed by atoms with E-state index in [0.29, 0.717) is 24.7 Å². The molecule has 3 rings (SSSR count). The van der Waals surface area contributed by atoms with Gasteiger partial charge in [0, 0.05) is 25.3 Å². The Morgan fingerprint density at radius 3 is 2.88 bits per heavy atom. The molecule has 1 fully saturated rings. The summed E-state index contributed by atoms with van der Waals surface area (Å²) in [6.07, 6.45) is 0. The van der Waals surface area contributed by atoms with Gasteiger partial charge in [0.15, 0.2) is 0 Å². The number of carbonyl (C=O) groups excluding carboxylic acids is 2. The third kappa shape index (κ3) is 3.76. The molecule has 1 aromatic heterocycles. The smallest absolute Gasteiger partial charge is 0.322 e. The van der Waals surface area contributed by atoms with E-state index in [1.807, 2.05) is 30.0 Å². The molecule has 7 heteroatoms. The summed E-state index contributed by atoms with van der Waals surface area (Å²) in [5, 5.41) is 3.90. The molecule has 3 amide bonds. The molecule has 0 radical (unpaired) electrons. The fraction of sp³-hybridized carbons (Fsp3) is 0.500. The van der Waals surface area contributed by atoms with Crippen LogP contribution in [0.1, 0.15) is 25.8 Å². The summed E-state index contributed by atoms with van der Waals surface area (Å²) < 4.78 is 1.10. The van der Waals surface area contributed by atoms with Gasteiger partial charge in [-0.05, 0) is 38.0 Å². The molecule has 0 spiro atoms. The second kappa shape index (κ2) is 7.00. The Kier molecular flexibility index (Phi) is 4.94. The normalized spacial score (nSPS) is 18.3. The number of amides is 3. The van der Waals surface area contributed by atoms with Crippen LogP contribution < -0.4 is 5.32 Å². The maximum absolute atomic E-state index is 12.6. The predicted octanol–water partition coefficient (Wildman–Crippen LogP) is 3.33. The van der Waals surface area contributed by atoms with Gasteiger partial charge in [-0.15, -0.1) is 11.3 Å². The number of nitrogens with one attached hydrogen (secondary N) is 1. The van der Waals surface area contributed by atoms with Crippen molar-refractivity contribution in [3.8, 4) is 0 Å². The summed E-state index contributed by atoms with van der Waals surface area (Å²) in [5.74, 6) is 0.436. The quantitative estimate of drug-likeness (QED) is 0.913. The van der Waals surface area contributed by atoms with Crippen molar-refractivity contribution in [3.63, 3.8) is 0 Å². The van der Waals surface area contributed by atoms with Crippen molar-refractivity contribution in [2.45, 2.75) is 33.7 Å². The summed E-state index contributed by atoms with van der Waals surface area (Å²) in [6.45, 7) is 9.80. The van der Waals surface area contributed by atoms with Crippen LogP contribution in [0.2, 0.25) is 0 Å². The van der Waals surface area contributed by atoms with Gasteiger partial charge in [0.25, 0.3) is 0 Å². The maximum atomic E-state index is 12.6. The van der Waals surface area contributed by atoms with Crippen LogP contribution in [-0.2, 0) is 4.79 Å². The average molecular weight is 360 g/mol. The lowest BCUT2D eigenvalue weighted by Crippen LogP contribution is -2.58. The summed E-state index contributed by atoms with van der Waals surface area (Å²) in [4.78, 5) is 33.0. The number of hydrogen-bond acceptors (Lipinski definition) is 4. The molecule has 2 aromatic rings. The lowest BCUT2D eigenvalue weighted by atomic mass is 10.1. The van der Waals surface area contributed by atoms with Gasteiger partial charge in [-0.1, -0.05) is 13.8 Å². The lowest BCUT2D eigenvalue weighted by molar-refractivity contribution is -0.139. The van der Waals surface area contributed by atoms with Crippen molar-refractivity contribution in [3.05, 3.63) is 23.2 Å². The predicted molar refractivity (Wildman–Crippen MR) is 101 cm³/mol. The highest BCUT2D eigenvalue weighted by molar-refractivity contribution is 7.18. The largest absolute Gasteiger partial charge is 0.339 e. The highest BCUT2D eigenvalue weighted by Crippen LogP contribution is 2.25. The van der Waals surface area contributed by atoms with Crippen molar-refractivity contribution >= 4 is 39.2 Å². The minimum absolute atomic E-state index is 0.0145. The SMILES string of the molecule is Cc1nc2cc(NC(=O)N3CCN(CC(C)C)C(=O)C3C)ccc2s1. The van der Waals surface area contributed by atoms with Crippen LogP contribution >= 0.6 is 11.3 Å². The number of urea groups is 1. The van der Waals surface area contributed by atoms with Gasteiger partial charge in [0.05, 0.1) is 15.2 Å². The third-order valence-electron chi connectivity index (χ3n) is 4.34. The lowest BCUT2D eigenvalue weighted by Gasteiger charge is -2.39. The first-order valence-electron chi connectivity index (χ1n) is 8.58. The van der Waals surface area contributed by atoms with Crippen LogP contribution in [0.4, 0.5) is 10.5 Å². The van der Waals surface area contributed by atoms with E-state index in [4.69, 9.17) is 0 Å². The number of piperazine rings is 1. The molecule has 1 aliphatic heterocycles. The molecule has 1 aliphatic rings. The molecule has 2 heterocycles. The highest BCUT2D eigenvalue weighted by atomic mass is 32.1. The number of benzene rings is 1. The Morgan fingerprint density at radius 1 is 1.40 bits per heavy atom. The number of aryl methyl sites for hydroxylation is 1. The minimum Gasteiger partial charge on any atom is -0.339 e. The summed E-state index contributed by atoms with van der Waals surface area (Å²) in [7, 11) is 0. The molecule has 1 aromatic carbocycles. The fourth-order valence-corrected chi connectivity index (χ4v) is 3.95. The number of anilines is 1. The Labute approximate surface area is 151 Å². The third-order valence-corrected chi connectivity index (χ3v) is 5.29. The van der Waals surface area contributed by atoms with Crippen molar-refractivity contribution in [2.75, 3.05) is 25.0 Å². The maximum Gasteiger partial charge on any atom is 0.322 e. The number of carbonyl (C=O) groups is 2. The molecule has 1 atom stereocenters. The van der Waals surface area contributed by atoms with Crippen LogP contribution in [0.15, 0.2) is 18.2 Å². The summed E-state index contributed by atoms with van der Waals surface area (Å²) in [5.41, 5.74) is 1.58.